The highest BCUT2D eigenvalue weighted by Gasteiger charge is 2.26. The van der Waals surface area contributed by atoms with E-state index in [0.717, 1.165) is 16.7 Å². The van der Waals surface area contributed by atoms with Gasteiger partial charge in [-0.15, -0.1) is 0 Å². The van der Waals surface area contributed by atoms with E-state index in [4.69, 9.17) is 10.00 Å². The normalized spacial score (nSPS) is 12.6. The summed E-state index contributed by atoms with van der Waals surface area (Å²) in [5, 5.41) is 9.09. The van der Waals surface area contributed by atoms with E-state index >= 15 is 0 Å². The van der Waals surface area contributed by atoms with Crippen LogP contribution in [-0.2, 0) is 24.4 Å². The molecule has 3 rings (SSSR count). The van der Waals surface area contributed by atoms with Gasteiger partial charge in [0, 0.05) is 6.54 Å². The van der Waals surface area contributed by atoms with Crippen LogP contribution in [0.25, 0.3) is 0 Å². The van der Waals surface area contributed by atoms with Gasteiger partial charge >= 0.3 is 6.09 Å². The van der Waals surface area contributed by atoms with Crippen molar-refractivity contribution >= 4 is 6.09 Å². The van der Waals surface area contributed by atoms with E-state index in [2.05, 4.69) is 6.07 Å². The average Bonchev–Trinajstić information content (AvgIpc) is 2.97. The fraction of sp³-hybridized carbons (Fsp3) is 0.176. The number of rotatable bonds is 2. The lowest BCUT2D eigenvalue weighted by Gasteiger charge is -2.15. The van der Waals surface area contributed by atoms with Crippen LogP contribution in [0.5, 0.6) is 0 Å². The molecule has 0 bridgehead atoms. The largest absolute Gasteiger partial charge is 0.445 e. The standard InChI is InChI=1S/C17H14N2O2/c18-9-14-7-4-8-15-10-19(11-16(14)15)17(20)21-12-13-5-2-1-3-6-13/h1-8H,10-12H2. The van der Waals surface area contributed by atoms with Crippen LogP contribution in [0, 0.1) is 11.3 Å². The van der Waals surface area contributed by atoms with Crippen LogP contribution < -0.4 is 0 Å². The highest BCUT2D eigenvalue weighted by molar-refractivity contribution is 5.69. The van der Waals surface area contributed by atoms with Crippen LogP contribution in [0.15, 0.2) is 48.5 Å². The Kier molecular flexibility index (Phi) is 3.57. The van der Waals surface area contributed by atoms with Gasteiger partial charge in [0.15, 0.2) is 0 Å². The van der Waals surface area contributed by atoms with E-state index in [1.165, 1.54) is 0 Å². The summed E-state index contributed by atoms with van der Waals surface area (Å²) in [4.78, 5) is 13.7. The van der Waals surface area contributed by atoms with Crippen LogP contribution in [0.2, 0.25) is 0 Å². The van der Waals surface area contributed by atoms with Crippen LogP contribution in [-0.4, -0.2) is 11.0 Å². The number of carbonyl (C=O) groups is 1. The molecule has 0 aromatic heterocycles. The van der Waals surface area contributed by atoms with Crippen LogP contribution in [0.4, 0.5) is 4.79 Å². The molecule has 1 heterocycles. The third-order valence-corrected chi connectivity index (χ3v) is 3.57. The Labute approximate surface area is 123 Å². The predicted octanol–water partition coefficient (Wildman–Crippen LogP) is 3.21. The monoisotopic (exact) mass is 278 g/mol. The zero-order chi connectivity index (χ0) is 14.7. The molecule has 21 heavy (non-hydrogen) atoms. The quantitative estimate of drug-likeness (QED) is 0.847. The van der Waals surface area contributed by atoms with Crippen molar-refractivity contribution in [3.05, 3.63) is 70.8 Å². The molecular weight excluding hydrogens is 264 g/mol. The fourth-order valence-corrected chi connectivity index (χ4v) is 2.47. The summed E-state index contributed by atoms with van der Waals surface area (Å²) < 4.78 is 5.32. The van der Waals surface area contributed by atoms with Gasteiger partial charge in [-0.3, -0.25) is 4.90 Å². The Morgan fingerprint density at radius 1 is 1.14 bits per heavy atom. The van der Waals surface area contributed by atoms with Gasteiger partial charge in [-0.25, -0.2) is 4.79 Å². The first-order chi connectivity index (χ1) is 10.3. The molecule has 0 radical (unpaired) electrons. The molecule has 0 fully saturated rings. The Morgan fingerprint density at radius 3 is 2.71 bits per heavy atom. The number of hydrogen-bond donors (Lipinski definition) is 0. The molecule has 0 saturated carbocycles. The molecule has 4 heteroatoms. The van der Waals surface area contributed by atoms with Crippen molar-refractivity contribution in [1.29, 1.82) is 5.26 Å². The van der Waals surface area contributed by atoms with Gasteiger partial charge in [0.05, 0.1) is 18.2 Å². The molecule has 0 saturated heterocycles. The fourth-order valence-electron chi connectivity index (χ4n) is 2.47. The molecule has 1 aliphatic rings. The minimum absolute atomic E-state index is 0.262. The van der Waals surface area contributed by atoms with Crippen LogP contribution in [0.1, 0.15) is 22.3 Å². The van der Waals surface area contributed by atoms with Crippen molar-refractivity contribution in [3.63, 3.8) is 0 Å². The molecule has 0 unspecified atom stereocenters. The Morgan fingerprint density at radius 2 is 1.95 bits per heavy atom. The number of benzene rings is 2. The zero-order valence-corrected chi connectivity index (χ0v) is 11.5. The molecular formula is C17H14N2O2. The van der Waals surface area contributed by atoms with Crippen molar-refractivity contribution in [2.24, 2.45) is 0 Å². The maximum absolute atomic E-state index is 12.1. The average molecular weight is 278 g/mol. The molecule has 0 N–H and O–H groups in total. The number of nitriles is 1. The number of nitrogens with zero attached hydrogens (tertiary/aromatic N) is 2. The summed E-state index contributed by atoms with van der Waals surface area (Å²) in [5.41, 5.74) is 3.54. The van der Waals surface area contributed by atoms with Gasteiger partial charge in [0.25, 0.3) is 0 Å². The number of hydrogen-bond acceptors (Lipinski definition) is 3. The van der Waals surface area contributed by atoms with E-state index in [9.17, 15) is 4.79 Å². The third kappa shape index (κ3) is 2.72. The Hall–Kier alpha value is -2.80. The van der Waals surface area contributed by atoms with E-state index in [1.807, 2.05) is 42.5 Å². The van der Waals surface area contributed by atoms with Crippen molar-refractivity contribution in [1.82, 2.24) is 4.90 Å². The molecule has 0 spiro atoms. The zero-order valence-electron chi connectivity index (χ0n) is 11.5. The van der Waals surface area contributed by atoms with Gasteiger partial charge in [-0.1, -0.05) is 42.5 Å². The molecule has 104 valence electrons. The third-order valence-electron chi connectivity index (χ3n) is 3.57. The second kappa shape index (κ2) is 5.68. The molecule has 1 amide bonds. The number of amides is 1. The lowest BCUT2D eigenvalue weighted by molar-refractivity contribution is 0.0955. The summed E-state index contributed by atoms with van der Waals surface area (Å²) in [7, 11) is 0. The van der Waals surface area contributed by atoms with Crippen molar-refractivity contribution in [3.8, 4) is 6.07 Å². The molecule has 2 aromatic carbocycles. The minimum Gasteiger partial charge on any atom is -0.445 e. The van der Waals surface area contributed by atoms with Crippen molar-refractivity contribution in [2.75, 3.05) is 0 Å². The van der Waals surface area contributed by atoms with Gasteiger partial charge in [-0.2, -0.15) is 5.26 Å². The summed E-state index contributed by atoms with van der Waals surface area (Å²) in [6, 6.07) is 17.3. The number of ether oxygens (including phenoxy) is 1. The van der Waals surface area contributed by atoms with Crippen molar-refractivity contribution in [2.45, 2.75) is 19.7 Å². The van der Waals surface area contributed by atoms with Gasteiger partial charge in [0.1, 0.15) is 6.61 Å². The summed E-state index contributed by atoms with van der Waals surface area (Å²) in [6.07, 6.45) is -0.348. The molecule has 0 aliphatic carbocycles. The van der Waals surface area contributed by atoms with E-state index in [-0.39, 0.29) is 12.7 Å². The minimum atomic E-state index is -0.348. The van der Waals surface area contributed by atoms with E-state index in [0.29, 0.717) is 18.7 Å². The van der Waals surface area contributed by atoms with Gasteiger partial charge < -0.3 is 4.74 Å². The first-order valence-corrected chi connectivity index (χ1v) is 6.74. The molecule has 1 aliphatic heterocycles. The highest BCUT2D eigenvalue weighted by Crippen LogP contribution is 2.26. The lowest BCUT2D eigenvalue weighted by atomic mass is 10.1. The van der Waals surface area contributed by atoms with Gasteiger partial charge in [-0.05, 0) is 22.8 Å². The first kappa shape index (κ1) is 13.2. The Bertz CT molecular complexity index is 704. The number of carbonyl (C=O) groups excluding carboxylic acids is 1. The topological polar surface area (TPSA) is 53.3 Å². The molecule has 0 atom stereocenters. The SMILES string of the molecule is N#Cc1cccc2c1CN(C(=O)OCc1ccccc1)C2. The summed E-state index contributed by atoms with van der Waals surface area (Å²) >= 11 is 0. The smallest absolute Gasteiger partial charge is 0.410 e. The van der Waals surface area contributed by atoms with Gasteiger partial charge in [0.2, 0.25) is 0 Å². The maximum atomic E-state index is 12.1. The van der Waals surface area contributed by atoms with E-state index in [1.54, 1.807) is 11.0 Å². The van der Waals surface area contributed by atoms with E-state index < -0.39 is 0 Å². The second-order valence-electron chi connectivity index (χ2n) is 4.95. The molecule has 4 nitrogen and oxygen atoms in total. The summed E-state index contributed by atoms with van der Waals surface area (Å²) in [5.74, 6) is 0. The highest BCUT2D eigenvalue weighted by atomic mass is 16.6. The maximum Gasteiger partial charge on any atom is 0.410 e. The predicted molar refractivity (Wildman–Crippen MR) is 77.0 cm³/mol. The second-order valence-corrected chi connectivity index (χ2v) is 4.95. The molecule has 2 aromatic rings. The van der Waals surface area contributed by atoms with Crippen molar-refractivity contribution < 1.29 is 9.53 Å². The Balaban J connectivity index is 1.65. The lowest BCUT2D eigenvalue weighted by Crippen LogP contribution is -2.26. The summed E-state index contributed by atoms with van der Waals surface area (Å²) in [6.45, 7) is 1.20. The number of fused-ring (bicyclic) bond motifs is 1. The first-order valence-electron chi connectivity index (χ1n) is 6.74. The van der Waals surface area contributed by atoms with Crippen LogP contribution in [0.3, 0.4) is 0 Å². The van der Waals surface area contributed by atoms with Crippen LogP contribution >= 0.6 is 0 Å².